The van der Waals surface area contributed by atoms with E-state index in [1.54, 1.807) is 19.4 Å². The number of rotatable bonds is 3. The van der Waals surface area contributed by atoms with Gasteiger partial charge in [0.15, 0.2) is 0 Å². The minimum atomic E-state index is 0.572. The van der Waals surface area contributed by atoms with Crippen LogP contribution < -0.4 is 10.5 Å². The SMILES string of the molecule is COc1cc(CCN)c(Cl)cn1. The van der Waals surface area contributed by atoms with Gasteiger partial charge in [-0.25, -0.2) is 4.98 Å². The van der Waals surface area contributed by atoms with Crippen molar-refractivity contribution in [3.8, 4) is 5.88 Å². The van der Waals surface area contributed by atoms with Crippen LogP contribution in [-0.2, 0) is 6.42 Å². The molecule has 0 saturated heterocycles. The molecule has 66 valence electrons. The average Bonchev–Trinajstić information content (AvgIpc) is 2.09. The Balaban J connectivity index is 2.91. The van der Waals surface area contributed by atoms with Gasteiger partial charge in [-0.1, -0.05) is 11.6 Å². The summed E-state index contributed by atoms with van der Waals surface area (Å²) >= 11 is 5.86. The predicted octanol–water partition coefficient (Wildman–Crippen LogP) is 1.24. The minimum Gasteiger partial charge on any atom is -0.481 e. The van der Waals surface area contributed by atoms with Crippen LogP contribution in [0.4, 0.5) is 0 Å². The Kier molecular flexibility index (Phi) is 3.31. The van der Waals surface area contributed by atoms with Crippen LogP contribution in [0.25, 0.3) is 0 Å². The Morgan fingerprint density at radius 2 is 2.42 bits per heavy atom. The fraction of sp³-hybridized carbons (Fsp3) is 0.375. The van der Waals surface area contributed by atoms with Crippen molar-refractivity contribution in [2.75, 3.05) is 13.7 Å². The van der Waals surface area contributed by atoms with Gasteiger partial charge in [0.05, 0.1) is 12.1 Å². The lowest BCUT2D eigenvalue weighted by molar-refractivity contribution is 0.397. The molecule has 0 bridgehead atoms. The standard InChI is InChI=1S/C8H11ClN2O/c1-12-8-4-6(2-3-10)7(9)5-11-8/h4-5H,2-3,10H2,1H3. The topological polar surface area (TPSA) is 48.1 Å². The molecule has 1 aromatic heterocycles. The lowest BCUT2D eigenvalue weighted by Gasteiger charge is -2.03. The van der Waals surface area contributed by atoms with Crippen molar-refractivity contribution in [3.05, 3.63) is 22.8 Å². The molecular formula is C8H11ClN2O. The number of nitrogens with zero attached hydrogens (tertiary/aromatic N) is 1. The summed E-state index contributed by atoms with van der Waals surface area (Å²) in [6.45, 7) is 0.576. The Morgan fingerprint density at radius 1 is 1.67 bits per heavy atom. The predicted molar refractivity (Wildman–Crippen MR) is 48.6 cm³/mol. The molecule has 0 aliphatic rings. The Labute approximate surface area is 76.5 Å². The summed E-state index contributed by atoms with van der Waals surface area (Å²) < 4.78 is 4.95. The molecule has 0 fully saturated rings. The van der Waals surface area contributed by atoms with E-state index in [0.29, 0.717) is 17.4 Å². The third-order valence-corrected chi connectivity index (χ3v) is 1.87. The van der Waals surface area contributed by atoms with E-state index in [9.17, 15) is 0 Å². The summed E-state index contributed by atoms with van der Waals surface area (Å²) in [5, 5.41) is 0.640. The molecule has 0 aliphatic heterocycles. The molecule has 1 heterocycles. The second-order valence-electron chi connectivity index (χ2n) is 2.36. The molecule has 3 nitrogen and oxygen atoms in total. The zero-order valence-corrected chi connectivity index (χ0v) is 7.64. The molecule has 0 aromatic carbocycles. The van der Waals surface area contributed by atoms with E-state index in [4.69, 9.17) is 22.1 Å². The van der Waals surface area contributed by atoms with Crippen LogP contribution in [0.5, 0.6) is 5.88 Å². The molecular weight excluding hydrogens is 176 g/mol. The van der Waals surface area contributed by atoms with Gasteiger partial charge in [0, 0.05) is 12.3 Å². The summed E-state index contributed by atoms with van der Waals surface area (Å²) in [5.41, 5.74) is 6.38. The summed E-state index contributed by atoms with van der Waals surface area (Å²) in [6.07, 6.45) is 2.32. The van der Waals surface area contributed by atoms with Crippen LogP contribution in [0.15, 0.2) is 12.3 Å². The highest BCUT2D eigenvalue weighted by Crippen LogP contribution is 2.18. The fourth-order valence-electron chi connectivity index (χ4n) is 0.917. The Bertz CT molecular complexity index is 265. The Morgan fingerprint density at radius 3 is 3.00 bits per heavy atom. The van der Waals surface area contributed by atoms with Gasteiger partial charge in [-0.3, -0.25) is 0 Å². The molecule has 0 atom stereocenters. The lowest BCUT2D eigenvalue weighted by Crippen LogP contribution is -2.03. The van der Waals surface area contributed by atoms with E-state index in [-0.39, 0.29) is 0 Å². The maximum absolute atomic E-state index is 5.86. The van der Waals surface area contributed by atoms with Gasteiger partial charge < -0.3 is 10.5 Å². The first-order valence-electron chi connectivity index (χ1n) is 3.66. The van der Waals surface area contributed by atoms with Crippen LogP contribution in [0, 0.1) is 0 Å². The molecule has 0 spiro atoms. The van der Waals surface area contributed by atoms with Crippen molar-refractivity contribution in [1.82, 2.24) is 4.98 Å². The van der Waals surface area contributed by atoms with Crippen LogP contribution >= 0.6 is 11.6 Å². The normalized spacial score (nSPS) is 9.92. The lowest BCUT2D eigenvalue weighted by atomic mass is 10.2. The van der Waals surface area contributed by atoms with E-state index in [1.165, 1.54) is 0 Å². The largest absolute Gasteiger partial charge is 0.481 e. The zero-order valence-electron chi connectivity index (χ0n) is 6.88. The average molecular weight is 187 g/mol. The first-order valence-corrected chi connectivity index (χ1v) is 4.04. The van der Waals surface area contributed by atoms with Crippen molar-refractivity contribution in [2.24, 2.45) is 5.73 Å². The minimum absolute atomic E-state index is 0.572. The highest BCUT2D eigenvalue weighted by molar-refractivity contribution is 6.31. The van der Waals surface area contributed by atoms with Crippen molar-refractivity contribution in [1.29, 1.82) is 0 Å². The van der Waals surface area contributed by atoms with Crippen LogP contribution in [0.2, 0.25) is 5.02 Å². The van der Waals surface area contributed by atoms with E-state index < -0.39 is 0 Å². The number of hydrogen-bond acceptors (Lipinski definition) is 3. The van der Waals surface area contributed by atoms with Gasteiger partial charge in [0.25, 0.3) is 0 Å². The van der Waals surface area contributed by atoms with Gasteiger partial charge in [-0.05, 0) is 18.5 Å². The van der Waals surface area contributed by atoms with Gasteiger partial charge in [-0.2, -0.15) is 0 Å². The molecule has 2 N–H and O–H groups in total. The number of halogens is 1. The zero-order chi connectivity index (χ0) is 8.97. The molecule has 0 radical (unpaired) electrons. The molecule has 1 aromatic rings. The number of aromatic nitrogens is 1. The number of methoxy groups -OCH3 is 1. The van der Waals surface area contributed by atoms with Gasteiger partial charge in [-0.15, -0.1) is 0 Å². The number of nitrogens with two attached hydrogens (primary N) is 1. The van der Waals surface area contributed by atoms with Gasteiger partial charge >= 0.3 is 0 Å². The highest BCUT2D eigenvalue weighted by Gasteiger charge is 2.01. The summed E-state index contributed by atoms with van der Waals surface area (Å²) in [6, 6.07) is 1.80. The molecule has 12 heavy (non-hydrogen) atoms. The molecule has 0 saturated carbocycles. The Hall–Kier alpha value is -0.800. The molecule has 0 amide bonds. The summed E-state index contributed by atoms with van der Waals surface area (Å²) in [7, 11) is 1.57. The van der Waals surface area contributed by atoms with E-state index in [1.807, 2.05) is 0 Å². The van der Waals surface area contributed by atoms with E-state index in [2.05, 4.69) is 4.98 Å². The molecule has 4 heteroatoms. The van der Waals surface area contributed by atoms with Crippen LogP contribution in [0.1, 0.15) is 5.56 Å². The fourth-order valence-corrected chi connectivity index (χ4v) is 1.12. The van der Waals surface area contributed by atoms with Crippen molar-refractivity contribution >= 4 is 11.6 Å². The number of pyridine rings is 1. The van der Waals surface area contributed by atoms with Crippen molar-refractivity contribution in [3.63, 3.8) is 0 Å². The maximum Gasteiger partial charge on any atom is 0.213 e. The number of ether oxygens (including phenoxy) is 1. The maximum atomic E-state index is 5.86. The molecule has 0 unspecified atom stereocenters. The third kappa shape index (κ3) is 2.09. The highest BCUT2D eigenvalue weighted by atomic mass is 35.5. The molecule has 0 aliphatic carbocycles. The third-order valence-electron chi connectivity index (χ3n) is 1.53. The smallest absolute Gasteiger partial charge is 0.213 e. The second kappa shape index (κ2) is 4.28. The number of hydrogen-bond donors (Lipinski definition) is 1. The first kappa shape index (κ1) is 9.29. The van der Waals surface area contributed by atoms with E-state index >= 15 is 0 Å². The first-order chi connectivity index (χ1) is 5.77. The quantitative estimate of drug-likeness (QED) is 0.773. The monoisotopic (exact) mass is 186 g/mol. The summed E-state index contributed by atoms with van der Waals surface area (Å²) in [5.74, 6) is 0.572. The van der Waals surface area contributed by atoms with Crippen molar-refractivity contribution < 1.29 is 4.74 Å². The van der Waals surface area contributed by atoms with Crippen LogP contribution in [0.3, 0.4) is 0 Å². The summed E-state index contributed by atoms with van der Waals surface area (Å²) in [4.78, 5) is 3.94. The van der Waals surface area contributed by atoms with Gasteiger partial charge in [0.1, 0.15) is 0 Å². The van der Waals surface area contributed by atoms with E-state index in [0.717, 1.165) is 12.0 Å². The van der Waals surface area contributed by atoms with Crippen LogP contribution in [-0.4, -0.2) is 18.6 Å². The second-order valence-corrected chi connectivity index (χ2v) is 2.76. The molecule has 1 rings (SSSR count). The van der Waals surface area contributed by atoms with Crippen molar-refractivity contribution in [2.45, 2.75) is 6.42 Å². The van der Waals surface area contributed by atoms with Gasteiger partial charge in [0.2, 0.25) is 5.88 Å².